The number of para-hydroxylation sites is 4. The van der Waals surface area contributed by atoms with E-state index in [1.165, 1.54) is 25.6 Å². The van der Waals surface area contributed by atoms with E-state index in [4.69, 9.17) is 13.8 Å². The second-order valence-electron chi connectivity index (χ2n) is 13.9. The zero-order valence-corrected chi connectivity index (χ0v) is 30.1. The van der Waals surface area contributed by atoms with Gasteiger partial charge in [0.15, 0.2) is 5.58 Å². The van der Waals surface area contributed by atoms with Crippen LogP contribution in [0.1, 0.15) is 0 Å². The van der Waals surface area contributed by atoms with Gasteiger partial charge in [-0.3, -0.25) is 0 Å². The van der Waals surface area contributed by atoms with E-state index >= 15 is 0 Å². The summed E-state index contributed by atoms with van der Waals surface area (Å²) in [6.45, 7) is 0. The van der Waals surface area contributed by atoms with Crippen molar-refractivity contribution >= 4 is 103 Å². The topological polar surface area (TPSA) is 47.3 Å². The fraction of sp³-hybridized carbons (Fsp3) is 0. The molecule has 12 rings (SSSR count). The van der Waals surface area contributed by atoms with Gasteiger partial charge in [0.25, 0.3) is 0 Å². The van der Waals surface area contributed by atoms with E-state index in [1.807, 2.05) is 59.9 Å². The zero-order chi connectivity index (χ0) is 36.0. The molecule has 4 heterocycles. The maximum atomic E-state index is 6.69. The fourth-order valence-corrected chi connectivity index (χ4v) is 9.68. The predicted molar refractivity (Wildman–Crippen MR) is 229 cm³/mol. The Kier molecular flexibility index (Phi) is 6.44. The first-order valence-electron chi connectivity index (χ1n) is 18.4. The van der Waals surface area contributed by atoms with Gasteiger partial charge in [0.05, 0.1) is 38.2 Å². The van der Waals surface area contributed by atoms with Gasteiger partial charge in [-0.1, -0.05) is 115 Å². The van der Waals surface area contributed by atoms with Crippen LogP contribution in [0.4, 0.5) is 17.1 Å². The fourth-order valence-electron chi connectivity index (χ4n) is 8.47. The number of rotatable bonds is 5. The van der Waals surface area contributed by atoms with Crippen LogP contribution >= 0.6 is 11.3 Å². The van der Waals surface area contributed by atoms with Crippen molar-refractivity contribution in [2.24, 2.45) is 0 Å². The summed E-state index contributed by atoms with van der Waals surface area (Å²) in [7, 11) is 0. The highest BCUT2D eigenvalue weighted by atomic mass is 32.1. The van der Waals surface area contributed by atoms with Gasteiger partial charge in [-0.25, -0.2) is 4.98 Å². The molecular weight excluding hydrogens is 695 g/mol. The van der Waals surface area contributed by atoms with Gasteiger partial charge in [-0.05, 0) is 54.6 Å². The molecule has 0 radical (unpaired) electrons. The van der Waals surface area contributed by atoms with E-state index in [2.05, 4.69) is 137 Å². The Bertz CT molecular complexity index is 3450. The van der Waals surface area contributed by atoms with Crippen molar-refractivity contribution in [2.75, 3.05) is 4.90 Å². The van der Waals surface area contributed by atoms with Crippen LogP contribution in [0.15, 0.2) is 185 Å². The third-order valence-corrected chi connectivity index (χ3v) is 12.0. The lowest BCUT2D eigenvalue weighted by Gasteiger charge is -2.28. The number of benzene rings is 8. The van der Waals surface area contributed by atoms with E-state index < -0.39 is 0 Å². The monoisotopic (exact) mass is 723 g/mol. The molecule has 0 bridgehead atoms. The summed E-state index contributed by atoms with van der Waals surface area (Å²) in [5, 5.41) is 6.80. The van der Waals surface area contributed by atoms with E-state index in [1.54, 1.807) is 0 Å². The first-order valence-corrected chi connectivity index (χ1v) is 19.2. The molecule has 8 aromatic carbocycles. The molecule has 0 amide bonds. The van der Waals surface area contributed by atoms with Gasteiger partial charge >= 0.3 is 0 Å². The summed E-state index contributed by atoms with van der Waals surface area (Å²) >= 11 is 1.82. The van der Waals surface area contributed by atoms with Crippen molar-refractivity contribution in [2.45, 2.75) is 0 Å². The zero-order valence-electron chi connectivity index (χ0n) is 29.3. The molecule has 0 atom stereocenters. The summed E-state index contributed by atoms with van der Waals surface area (Å²) in [5.74, 6) is 0.561. The summed E-state index contributed by atoms with van der Waals surface area (Å²) in [4.78, 5) is 7.80. The first-order chi connectivity index (χ1) is 27.3. The molecule has 258 valence electrons. The number of hydrogen-bond acceptors (Lipinski definition) is 5. The van der Waals surface area contributed by atoms with Gasteiger partial charge in [-0.15, -0.1) is 11.3 Å². The number of aromatic nitrogens is 2. The normalized spacial score (nSPS) is 12.0. The molecule has 6 heteroatoms. The lowest BCUT2D eigenvalue weighted by atomic mass is 10.0. The minimum Gasteiger partial charge on any atom is -0.456 e. The predicted octanol–water partition coefficient (Wildman–Crippen LogP) is 14.3. The second-order valence-corrected chi connectivity index (χ2v) is 14.9. The molecule has 0 saturated carbocycles. The van der Waals surface area contributed by atoms with Crippen LogP contribution in [-0.4, -0.2) is 9.55 Å². The molecule has 0 saturated heterocycles. The SMILES string of the molecule is c1ccc(-c2nc3c(N(c4cccc5c4sc4ccccc45)c4cccc5c6ccccc6n(-c6ccccc6)c45)c4c(cc3o2)oc2ccccc24)cc1. The molecule has 0 aliphatic heterocycles. The van der Waals surface area contributed by atoms with Crippen LogP contribution in [0.3, 0.4) is 0 Å². The standard InChI is InChI=1S/C49H29N3O2S/c1-3-15-30(16-4-1)49-50-45-42(54-49)29-41-44(36-21-8-11-27-40(36)53-41)47(45)52(39-26-14-23-35-33-20-9-12-28-43(33)55-48(35)39)38-25-13-22-34-32-19-7-10-24-37(32)51(46(34)38)31-17-5-2-6-18-31/h1-29H. The van der Waals surface area contributed by atoms with Gasteiger partial charge < -0.3 is 18.3 Å². The van der Waals surface area contributed by atoms with Crippen molar-refractivity contribution < 1.29 is 8.83 Å². The smallest absolute Gasteiger partial charge is 0.227 e. The van der Waals surface area contributed by atoms with Crippen molar-refractivity contribution in [3.05, 3.63) is 176 Å². The summed E-state index contributed by atoms with van der Waals surface area (Å²) in [5.41, 5.74) is 10.2. The molecule has 0 fully saturated rings. The molecule has 0 spiro atoms. The van der Waals surface area contributed by atoms with Crippen molar-refractivity contribution in [3.63, 3.8) is 0 Å². The highest BCUT2D eigenvalue weighted by Gasteiger charge is 2.30. The number of oxazole rings is 1. The number of hydrogen-bond donors (Lipinski definition) is 0. The van der Waals surface area contributed by atoms with Crippen LogP contribution < -0.4 is 4.90 Å². The number of thiophene rings is 1. The Hall–Kier alpha value is -7.15. The summed E-state index contributed by atoms with van der Waals surface area (Å²) in [6, 6.07) is 61.8. The van der Waals surface area contributed by atoms with E-state index in [-0.39, 0.29) is 0 Å². The molecule has 4 aromatic heterocycles. The minimum atomic E-state index is 0.561. The van der Waals surface area contributed by atoms with Crippen LogP contribution in [0.25, 0.3) is 92.2 Å². The molecule has 55 heavy (non-hydrogen) atoms. The van der Waals surface area contributed by atoms with Gasteiger partial charge in [0, 0.05) is 48.9 Å². The van der Waals surface area contributed by atoms with Crippen LogP contribution in [0.5, 0.6) is 0 Å². The van der Waals surface area contributed by atoms with Gasteiger partial charge in [0.2, 0.25) is 5.89 Å². The minimum absolute atomic E-state index is 0.561. The van der Waals surface area contributed by atoms with Crippen molar-refractivity contribution in [1.82, 2.24) is 9.55 Å². The number of fused-ring (bicyclic) bond motifs is 10. The molecule has 0 aliphatic carbocycles. The summed E-state index contributed by atoms with van der Waals surface area (Å²) < 4.78 is 18.2. The molecule has 12 aromatic rings. The second kappa shape index (κ2) is 11.7. The summed E-state index contributed by atoms with van der Waals surface area (Å²) in [6.07, 6.45) is 0. The maximum Gasteiger partial charge on any atom is 0.227 e. The quantitative estimate of drug-likeness (QED) is 0.177. The Balaban J connectivity index is 1.30. The van der Waals surface area contributed by atoms with Crippen molar-refractivity contribution in [1.29, 1.82) is 0 Å². The average molecular weight is 724 g/mol. The molecule has 5 nitrogen and oxygen atoms in total. The third kappa shape index (κ3) is 4.43. The number of furan rings is 1. The van der Waals surface area contributed by atoms with E-state index in [0.717, 1.165) is 72.2 Å². The van der Waals surface area contributed by atoms with Gasteiger partial charge in [0.1, 0.15) is 16.7 Å². The number of anilines is 3. The van der Waals surface area contributed by atoms with Gasteiger partial charge in [-0.2, -0.15) is 0 Å². The lowest BCUT2D eigenvalue weighted by Crippen LogP contribution is -2.13. The Morgan fingerprint density at radius 1 is 0.509 bits per heavy atom. The maximum absolute atomic E-state index is 6.69. The third-order valence-electron chi connectivity index (χ3n) is 10.8. The highest BCUT2D eigenvalue weighted by molar-refractivity contribution is 7.26. The Morgan fingerprint density at radius 3 is 2.04 bits per heavy atom. The van der Waals surface area contributed by atoms with Crippen molar-refractivity contribution in [3.8, 4) is 17.1 Å². The highest BCUT2D eigenvalue weighted by Crippen LogP contribution is 2.53. The number of nitrogens with zero attached hydrogens (tertiary/aromatic N) is 3. The molecule has 0 unspecified atom stereocenters. The largest absolute Gasteiger partial charge is 0.456 e. The van der Waals surface area contributed by atoms with Crippen LogP contribution in [0, 0.1) is 0 Å². The molecule has 0 N–H and O–H groups in total. The lowest BCUT2D eigenvalue weighted by molar-refractivity contribution is 0.617. The first kappa shape index (κ1) is 30.3. The van der Waals surface area contributed by atoms with Crippen LogP contribution in [0.2, 0.25) is 0 Å². The Labute approximate surface area is 318 Å². The molecule has 0 aliphatic rings. The van der Waals surface area contributed by atoms with Crippen LogP contribution in [-0.2, 0) is 0 Å². The van der Waals surface area contributed by atoms with E-state index in [0.29, 0.717) is 11.5 Å². The van der Waals surface area contributed by atoms with E-state index in [9.17, 15) is 0 Å². The molecular formula is C49H29N3O2S. The Morgan fingerprint density at radius 2 is 1.18 bits per heavy atom. The average Bonchev–Trinajstić information content (AvgIpc) is 4.02.